The Morgan fingerprint density at radius 3 is 1.19 bits per heavy atom. The van der Waals surface area contributed by atoms with Crippen LogP contribution in [0, 0.1) is 0 Å². The monoisotopic (exact) mass is 361 g/mol. The van der Waals surface area contributed by atoms with Gasteiger partial charge in [0, 0.05) is 0 Å². The number of nitrogens with one attached hydrogen (secondary N) is 2. The Hall–Kier alpha value is -1.99. The molecule has 0 saturated heterocycles. The topological polar surface area (TPSA) is 118 Å². The van der Waals surface area contributed by atoms with E-state index in [1.165, 1.54) is 10.3 Å². The molecule has 0 aliphatic heterocycles. The first-order chi connectivity index (χ1) is 9.62. The maximum atomic E-state index is 7.13. The van der Waals surface area contributed by atoms with Crippen LogP contribution in [0.25, 0.3) is 22.3 Å². The van der Waals surface area contributed by atoms with Gasteiger partial charge in [0.15, 0.2) is 0 Å². The molecular formula is C12H10CoN6S2-2. The summed E-state index contributed by atoms with van der Waals surface area (Å²) < 4.78 is 0. The van der Waals surface area contributed by atoms with Gasteiger partial charge in [-0.1, -0.05) is 84.9 Å². The van der Waals surface area contributed by atoms with Gasteiger partial charge in [0.1, 0.15) is 0 Å². The number of thiocarbonyl (C=S) groups is 2. The Balaban J connectivity index is -0.000000220. The Morgan fingerprint density at radius 2 is 1.10 bits per heavy atom. The van der Waals surface area contributed by atoms with Gasteiger partial charge in [0.25, 0.3) is 0 Å². The van der Waals surface area contributed by atoms with E-state index in [1.807, 2.05) is 0 Å². The van der Waals surface area contributed by atoms with Crippen LogP contribution in [0.5, 0.6) is 0 Å². The normalized spacial score (nSPS) is 6.48. The summed E-state index contributed by atoms with van der Waals surface area (Å²) in [7, 11) is 0. The minimum Gasteiger partial charge on any atom is -0.753 e. The van der Waals surface area contributed by atoms with Crippen LogP contribution in [0.2, 0.25) is 0 Å². The summed E-state index contributed by atoms with van der Waals surface area (Å²) in [6, 6.07) is 10.4. The van der Waals surface area contributed by atoms with E-state index < -0.39 is 0 Å². The minimum atomic E-state index is 0. The number of hydrogen-bond acceptors (Lipinski definition) is 4. The quantitative estimate of drug-likeness (QED) is 0.492. The number of aromatic nitrogens is 2. The van der Waals surface area contributed by atoms with E-state index in [2.05, 4.69) is 34.4 Å². The van der Waals surface area contributed by atoms with E-state index in [-0.39, 0.29) is 16.8 Å². The number of rotatable bonds is 0. The van der Waals surface area contributed by atoms with Gasteiger partial charge < -0.3 is 32.3 Å². The molecule has 9 heteroatoms. The third kappa shape index (κ3) is 23.5. The zero-order chi connectivity index (χ0) is 15.6. The van der Waals surface area contributed by atoms with Gasteiger partial charge in [-0.15, -0.1) is 0 Å². The largest absolute Gasteiger partial charge is 2.00 e. The standard InChI is InChI=1S/2C5H5N2.2CNS.Co/c2*6-5-3-1-2-4-7-5;2*2-1-3;/h2*1-4H,(H-,6,7);;;/q4*-1;+2. The van der Waals surface area contributed by atoms with Gasteiger partial charge in [-0.3, -0.25) is 0 Å². The van der Waals surface area contributed by atoms with Crippen molar-refractivity contribution in [2.75, 3.05) is 0 Å². The molecule has 0 aliphatic carbocycles. The van der Waals surface area contributed by atoms with Crippen LogP contribution < -0.4 is 0 Å². The third-order valence-corrected chi connectivity index (χ3v) is 1.33. The van der Waals surface area contributed by atoms with Gasteiger partial charge in [-0.2, -0.15) is 10.3 Å². The zero-order valence-electron chi connectivity index (χ0n) is 10.6. The van der Waals surface area contributed by atoms with Crippen molar-refractivity contribution in [2.24, 2.45) is 0 Å². The van der Waals surface area contributed by atoms with Gasteiger partial charge in [-0.25, -0.2) is 0 Å². The average Bonchev–Trinajstić information content (AvgIpc) is 2.43. The van der Waals surface area contributed by atoms with Crippen LogP contribution in [0.3, 0.4) is 0 Å². The fraction of sp³-hybridized carbons (Fsp3) is 0. The van der Waals surface area contributed by atoms with E-state index in [9.17, 15) is 0 Å². The molecule has 0 aromatic carbocycles. The Kier molecular flexibility index (Phi) is 23.3. The van der Waals surface area contributed by atoms with Gasteiger partial charge >= 0.3 is 16.8 Å². The van der Waals surface area contributed by atoms with Crippen molar-refractivity contribution in [3.05, 3.63) is 71.1 Å². The average molecular weight is 361 g/mol. The summed E-state index contributed by atoms with van der Waals surface area (Å²) in [4.78, 5) is 7.29. The van der Waals surface area contributed by atoms with Crippen LogP contribution in [0.4, 0.5) is 11.6 Å². The van der Waals surface area contributed by atoms with Gasteiger partial charge in [0.05, 0.1) is 0 Å². The van der Waals surface area contributed by atoms with Crippen LogP contribution in [0.15, 0.2) is 48.8 Å². The zero-order valence-corrected chi connectivity index (χ0v) is 13.2. The second-order valence-corrected chi connectivity index (χ2v) is 2.98. The molecule has 2 aromatic rings. The summed E-state index contributed by atoms with van der Waals surface area (Å²) in [6.45, 7) is 0. The summed E-state index contributed by atoms with van der Waals surface area (Å²) in [5.74, 6) is 0.644. The Bertz CT molecular complexity index is 462. The van der Waals surface area contributed by atoms with E-state index in [0.29, 0.717) is 11.6 Å². The Morgan fingerprint density at radius 1 is 0.810 bits per heavy atom. The van der Waals surface area contributed by atoms with Crippen molar-refractivity contribution in [1.82, 2.24) is 9.97 Å². The number of pyridine rings is 2. The molecule has 0 saturated carbocycles. The molecule has 21 heavy (non-hydrogen) atoms. The summed E-state index contributed by atoms with van der Waals surface area (Å²) in [6.07, 6.45) is 3.20. The van der Waals surface area contributed by atoms with Crippen LogP contribution in [-0.2, 0) is 16.8 Å². The molecule has 6 nitrogen and oxygen atoms in total. The molecule has 0 unspecified atom stereocenters. The smallest absolute Gasteiger partial charge is 0.753 e. The maximum absolute atomic E-state index is 7.13. The molecule has 0 atom stereocenters. The van der Waals surface area contributed by atoms with Crippen LogP contribution in [0.1, 0.15) is 0 Å². The molecule has 111 valence electrons. The van der Waals surface area contributed by atoms with E-state index >= 15 is 0 Å². The molecule has 0 aliphatic rings. The number of hydrogen-bond donors (Lipinski definition) is 0. The summed E-state index contributed by atoms with van der Waals surface area (Å²) in [5.41, 5.74) is 13.8. The molecule has 0 amide bonds. The minimum absolute atomic E-state index is 0. The molecule has 0 bridgehead atoms. The van der Waals surface area contributed by atoms with Gasteiger partial charge in [-0.05, 0) is 0 Å². The predicted molar refractivity (Wildman–Crippen MR) is 88.4 cm³/mol. The van der Waals surface area contributed by atoms with Crippen molar-refractivity contribution < 1.29 is 16.8 Å². The van der Waals surface area contributed by atoms with Crippen LogP contribution >= 0.6 is 24.4 Å². The Labute approximate surface area is 144 Å². The van der Waals surface area contributed by atoms with Crippen molar-refractivity contribution in [1.29, 1.82) is 0 Å². The molecule has 1 radical (unpaired) electrons. The first kappa shape index (κ1) is 24.1. The van der Waals surface area contributed by atoms with E-state index in [0.717, 1.165) is 0 Å². The predicted octanol–water partition coefficient (Wildman–Crippen LogP) is 4.85. The van der Waals surface area contributed by atoms with Gasteiger partial charge in [0.2, 0.25) is 0 Å². The SMILES string of the molecule is [Co+2].[N-]=C=S.[N-]=C=S.[NH-]c1ccccn1.[NH-]c1ccccn1. The number of nitrogens with zero attached hydrogens (tertiary/aromatic N) is 4. The summed E-state index contributed by atoms with van der Waals surface area (Å²) in [5, 5.41) is 16.9. The fourth-order valence-corrected chi connectivity index (χ4v) is 0.726. The first-order valence-corrected chi connectivity index (χ1v) is 5.71. The third-order valence-electron chi connectivity index (χ3n) is 1.33. The number of isothiocyanates is 2. The molecule has 0 fully saturated rings. The van der Waals surface area contributed by atoms with Crippen molar-refractivity contribution >= 4 is 46.4 Å². The van der Waals surface area contributed by atoms with Crippen molar-refractivity contribution in [3.63, 3.8) is 0 Å². The van der Waals surface area contributed by atoms with Crippen molar-refractivity contribution in [2.45, 2.75) is 0 Å². The van der Waals surface area contributed by atoms with Crippen LogP contribution in [-0.4, -0.2) is 20.3 Å². The summed E-state index contributed by atoms with van der Waals surface area (Å²) >= 11 is 7.40. The molecule has 2 heterocycles. The second kappa shape index (κ2) is 20.3. The molecule has 2 rings (SSSR count). The molecular weight excluding hydrogens is 351 g/mol. The fourth-order valence-electron chi connectivity index (χ4n) is 0.726. The maximum Gasteiger partial charge on any atom is 2.00 e. The van der Waals surface area contributed by atoms with E-state index in [4.69, 9.17) is 22.3 Å². The molecule has 2 N–H and O–H groups in total. The van der Waals surface area contributed by atoms with Crippen molar-refractivity contribution in [3.8, 4) is 0 Å². The first-order valence-electron chi connectivity index (χ1n) is 4.90. The molecule has 2 aromatic heterocycles. The second-order valence-electron chi connectivity index (χ2n) is 2.61. The van der Waals surface area contributed by atoms with E-state index in [1.54, 1.807) is 48.8 Å². The molecule has 0 spiro atoms.